The van der Waals surface area contributed by atoms with E-state index in [1.54, 1.807) is 6.08 Å². The highest BCUT2D eigenvalue weighted by atomic mass is 16.5. The lowest BCUT2D eigenvalue weighted by Crippen LogP contribution is -2.62. The van der Waals surface area contributed by atoms with Crippen LogP contribution >= 0.6 is 0 Å². The van der Waals surface area contributed by atoms with Crippen LogP contribution in [0.3, 0.4) is 0 Å². The number of hydrogen-bond donors (Lipinski definition) is 3. The lowest BCUT2D eigenvalue weighted by Gasteiger charge is -2.60. The maximum absolute atomic E-state index is 13.2. The summed E-state index contributed by atoms with van der Waals surface area (Å²) in [5, 5.41) is 31.9. The molecule has 0 aromatic carbocycles. The number of aliphatic hydroxyl groups excluding tert-OH is 2. The zero-order valence-corrected chi connectivity index (χ0v) is 20.6. The number of ketones is 2. The highest BCUT2D eigenvalue weighted by molar-refractivity contribution is 5.92. The standard InChI is InChI=1S/C27H40O7/c1-25-11-9-18(29)14-17(25)7-8-19-20-10-12-27(33,26(20,2)15-21(30)24(19)25)22(31)16-34-23(32)6-4-3-5-13-28/h14,19-21,24,28,30,33H,3-13,15-16H2,1-2H3/t19?,20-,21-,24+,25-,26-,27-/m0/s1. The summed E-state index contributed by atoms with van der Waals surface area (Å²) in [6.45, 7) is 3.74. The molecule has 1 unspecified atom stereocenters. The van der Waals surface area contributed by atoms with E-state index >= 15 is 0 Å². The molecule has 0 spiro atoms. The zero-order chi connectivity index (χ0) is 24.7. The molecular weight excluding hydrogens is 436 g/mol. The molecule has 0 aliphatic heterocycles. The number of fused-ring (bicyclic) bond motifs is 5. The van der Waals surface area contributed by atoms with E-state index in [0.717, 1.165) is 24.8 Å². The molecule has 34 heavy (non-hydrogen) atoms. The van der Waals surface area contributed by atoms with Gasteiger partial charge in [0.1, 0.15) is 5.60 Å². The largest absolute Gasteiger partial charge is 0.458 e. The molecule has 7 atom stereocenters. The number of ether oxygens (including phenoxy) is 1. The Morgan fingerprint density at radius 3 is 2.62 bits per heavy atom. The van der Waals surface area contributed by atoms with Gasteiger partial charge in [-0.1, -0.05) is 25.8 Å². The van der Waals surface area contributed by atoms with Gasteiger partial charge in [0.25, 0.3) is 0 Å². The van der Waals surface area contributed by atoms with Gasteiger partial charge in [0.05, 0.1) is 6.10 Å². The fourth-order valence-electron chi connectivity index (χ4n) is 8.05. The number of Topliss-reactive ketones (excluding diaryl/α,β-unsaturated/α-hetero) is 1. The summed E-state index contributed by atoms with van der Waals surface area (Å²) in [5.41, 5.74) is -1.46. The average Bonchev–Trinajstić information content (AvgIpc) is 3.06. The van der Waals surface area contributed by atoms with Crippen molar-refractivity contribution >= 4 is 17.5 Å². The van der Waals surface area contributed by atoms with Gasteiger partial charge >= 0.3 is 5.97 Å². The monoisotopic (exact) mass is 476 g/mol. The van der Waals surface area contributed by atoms with Crippen LogP contribution in [0.4, 0.5) is 0 Å². The van der Waals surface area contributed by atoms with Crippen molar-refractivity contribution in [1.29, 1.82) is 0 Å². The molecule has 3 N–H and O–H groups in total. The number of aliphatic hydroxyl groups is 3. The Labute approximate surface area is 201 Å². The lowest BCUT2D eigenvalue weighted by atomic mass is 9.45. The van der Waals surface area contributed by atoms with Crippen LogP contribution in [-0.4, -0.2) is 57.8 Å². The van der Waals surface area contributed by atoms with Gasteiger partial charge in [-0.05, 0) is 80.6 Å². The third-order valence-corrected chi connectivity index (χ3v) is 9.91. The van der Waals surface area contributed by atoms with Gasteiger partial charge in [0.2, 0.25) is 5.78 Å². The minimum Gasteiger partial charge on any atom is -0.458 e. The first kappa shape index (κ1) is 25.5. The Kier molecular flexibility index (Phi) is 7.11. The van der Waals surface area contributed by atoms with Crippen molar-refractivity contribution in [1.82, 2.24) is 0 Å². The Balaban J connectivity index is 1.47. The molecule has 0 amide bonds. The van der Waals surface area contributed by atoms with Crippen molar-refractivity contribution in [3.8, 4) is 0 Å². The quantitative estimate of drug-likeness (QED) is 0.364. The maximum atomic E-state index is 13.2. The van der Waals surface area contributed by atoms with Gasteiger partial charge in [0.15, 0.2) is 12.4 Å². The molecule has 4 aliphatic rings. The van der Waals surface area contributed by atoms with E-state index in [9.17, 15) is 24.6 Å². The van der Waals surface area contributed by atoms with Gasteiger partial charge in [-0.25, -0.2) is 0 Å². The number of hydrogen-bond acceptors (Lipinski definition) is 7. The van der Waals surface area contributed by atoms with E-state index < -0.39 is 35.5 Å². The summed E-state index contributed by atoms with van der Waals surface area (Å²) in [5.74, 6) is -0.472. The number of carbonyl (C=O) groups excluding carboxylic acids is 3. The molecule has 0 saturated heterocycles. The summed E-state index contributed by atoms with van der Waals surface area (Å²) in [6, 6.07) is 0. The van der Waals surface area contributed by atoms with Crippen LogP contribution in [-0.2, 0) is 19.1 Å². The molecule has 3 saturated carbocycles. The van der Waals surface area contributed by atoms with Gasteiger partial charge < -0.3 is 20.1 Å². The molecule has 0 aromatic heterocycles. The normalized spacial score (nSPS) is 41.2. The van der Waals surface area contributed by atoms with E-state index in [-0.39, 0.29) is 42.0 Å². The van der Waals surface area contributed by atoms with Crippen molar-refractivity contribution in [3.63, 3.8) is 0 Å². The molecule has 0 heterocycles. The predicted molar refractivity (Wildman–Crippen MR) is 125 cm³/mol. The number of rotatable bonds is 8. The fraction of sp³-hybridized carbons (Fsp3) is 0.815. The van der Waals surface area contributed by atoms with Crippen LogP contribution in [0, 0.1) is 28.6 Å². The van der Waals surface area contributed by atoms with Crippen molar-refractivity contribution in [3.05, 3.63) is 11.6 Å². The van der Waals surface area contributed by atoms with Crippen LogP contribution in [0.15, 0.2) is 11.6 Å². The summed E-state index contributed by atoms with van der Waals surface area (Å²) in [7, 11) is 0. The molecule has 190 valence electrons. The zero-order valence-electron chi connectivity index (χ0n) is 20.6. The summed E-state index contributed by atoms with van der Waals surface area (Å²) in [6.07, 6.45) is 7.52. The van der Waals surface area contributed by atoms with Crippen LogP contribution in [0.1, 0.15) is 84.5 Å². The van der Waals surface area contributed by atoms with Crippen molar-refractivity contribution in [2.45, 2.75) is 96.2 Å². The first-order valence-corrected chi connectivity index (χ1v) is 13.0. The molecule has 7 nitrogen and oxygen atoms in total. The molecule has 3 fully saturated rings. The first-order valence-electron chi connectivity index (χ1n) is 13.0. The second kappa shape index (κ2) is 9.47. The highest BCUT2D eigenvalue weighted by Gasteiger charge is 2.68. The number of esters is 1. The Bertz CT molecular complexity index is 865. The van der Waals surface area contributed by atoms with Crippen molar-refractivity contribution in [2.75, 3.05) is 13.2 Å². The molecule has 0 aromatic rings. The second-order valence-corrected chi connectivity index (χ2v) is 11.6. The van der Waals surface area contributed by atoms with Crippen LogP contribution in [0.5, 0.6) is 0 Å². The molecule has 0 bridgehead atoms. The first-order chi connectivity index (χ1) is 16.1. The lowest BCUT2D eigenvalue weighted by molar-refractivity contribution is -0.184. The maximum Gasteiger partial charge on any atom is 0.306 e. The van der Waals surface area contributed by atoms with Crippen LogP contribution in [0.2, 0.25) is 0 Å². The minimum atomic E-state index is -1.62. The Morgan fingerprint density at radius 2 is 1.88 bits per heavy atom. The van der Waals surface area contributed by atoms with Gasteiger partial charge in [-0.2, -0.15) is 0 Å². The summed E-state index contributed by atoms with van der Waals surface area (Å²) >= 11 is 0. The molecule has 4 aliphatic carbocycles. The van der Waals surface area contributed by atoms with E-state index in [2.05, 4.69) is 6.92 Å². The SMILES string of the molecule is C[C@]12CCC(=O)C=C1CCC1[C@@H]2[C@@H](O)C[C@@]2(C)[C@H]1CC[C@]2(O)C(=O)COC(=O)CCCCCO. The third-order valence-electron chi connectivity index (χ3n) is 9.91. The van der Waals surface area contributed by atoms with Crippen LogP contribution in [0.25, 0.3) is 0 Å². The highest BCUT2D eigenvalue weighted by Crippen LogP contribution is 2.67. The third kappa shape index (κ3) is 4.07. The smallest absolute Gasteiger partial charge is 0.306 e. The molecule has 0 radical (unpaired) electrons. The van der Waals surface area contributed by atoms with Crippen LogP contribution < -0.4 is 0 Å². The van der Waals surface area contributed by atoms with E-state index in [0.29, 0.717) is 44.9 Å². The minimum absolute atomic E-state index is 0.0212. The average molecular weight is 477 g/mol. The number of allylic oxidation sites excluding steroid dienone is 1. The van der Waals surface area contributed by atoms with Crippen molar-refractivity contribution < 1.29 is 34.4 Å². The van der Waals surface area contributed by atoms with E-state index in [1.165, 1.54) is 0 Å². The second-order valence-electron chi connectivity index (χ2n) is 11.6. The van der Waals surface area contributed by atoms with E-state index in [4.69, 9.17) is 9.84 Å². The van der Waals surface area contributed by atoms with Gasteiger partial charge in [0, 0.05) is 24.9 Å². The predicted octanol–water partition coefficient (Wildman–Crippen LogP) is 2.89. The summed E-state index contributed by atoms with van der Waals surface area (Å²) < 4.78 is 5.20. The molecular formula is C27H40O7. The number of carbonyl (C=O) groups is 3. The Hall–Kier alpha value is -1.57. The van der Waals surface area contributed by atoms with E-state index in [1.807, 2.05) is 6.92 Å². The Morgan fingerprint density at radius 1 is 1.12 bits per heavy atom. The molecule has 4 rings (SSSR count). The van der Waals surface area contributed by atoms with Gasteiger partial charge in [-0.3, -0.25) is 14.4 Å². The van der Waals surface area contributed by atoms with Gasteiger partial charge in [-0.15, -0.1) is 0 Å². The topological polar surface area (TPSA) is 121 Å². The fourth-order valence-corrected chi connectivity index (χ4v) is 8.05. The molecule has 7 heteroatoms. The van der Waals surface area contributed by atoms with Crippen molar-refractivity contribution in [2.24, 2.45) is 28.6 Å². The number of unbranched alkanes of at least 4 members (excludes halogenated alkanes) is 2. The summed E-state index contributed by atoms with van der Waals surface area (Å²) in [4.78, 5) is 37.3.